The van der Waals surface area contributed by atoms with Gasteiger partial charge in [-0.1, -0.05) is 0 Å². The molecule has 20 heteroatoms. The van der Waals surface area contributed by atoms with Gasteiger partial charge in [-0.05, 0) is 0 Å². The number of carbonyl (C=O) groups is 1. The summed E-state index contributed by atoms with van der Waals surface area (Å²) in [6.07, 6.45) is -14.5. The molecule has 4 aliphatic carbocycles. The van der Waals surface area contributed by atoms with Gasteiger partial charge in [0.1, 0.15) is 0 Å². The normalized spacial score (nSPS) is 48.2. The SMILES string of the molecule is O=C1C2(F)C(F)(F)C3(F)C(F)(F)C1(F)C(F)(OC(F)(F)C(O)(F)F)C(F)(C2(F)F)C3(F)F. The predicted molar refractivity (Wildman–Crippen MR) is 57.2 cm³/mol. The molecule has 0 amide bonds. The molecule has 4 saturated carbocycles. The minimum Gasteiger partial charge on any atom is -0.329 e. The van der Waals surface area contributed by atoms with Crippen LogP contribution in [0.4, 0.5) is 74.6 Å². The van der Waals surface area contributed by atoms with Gasteiger partial charge in [-0.15, -0.1) is 0 Å². The van der Waals surface area contributed by atoms with E-state index in [1.54, 1.807) is 4.74 Å². The van der Waals surface area contributed by atoms with Crippen molar-refractivity contribution >= 4 is 5.78 Å². The smallest absolute Gasteiger partial charge is 0.329 e. The molecule has 186 valence electrons. The van der Waals surface area contributed by atoms with Gasteiger partial charge >= 0.3 is 64.4 Å². The first kappa shape index (κ1) is 25.0. The van der Waals surface area contributed by atoms with E-state index in [4.69, 9.17) is 5.11 Å². The molecule has 5 unspecified atom stereocenters. The third-order valence-electron chi connectivity index (χ3n) is 5.59. The highest BCUT2D eigenvalue weighted by atomic mass is 19.3. The van der Waals surface area contributed by atoms with Crippen molar-refractivity contribution in [3.05, 3.63) is 0 Å². The van der Waals surface area contributed by atoms with Crippen LogP contribution in [0.5, 0.6) is 0 Å². The second-order valence-electron chi connectivity index (χ2n) is 7.02. The van der Waals surface area contributed by atoms with Gasteiger partial charge in [-0.25, -0.2) is 22.0 Å². The fraction of sp³-hybridized carbons (Fsp3) is 0.917. The maximum atomic E-state index is 14.9. The van der Waals surface area contributed by atoms with Crippen LogP contribution in [0.1, 0.15) is 0 Å². The molecule has 0 saturated heterocycles. The van der Waals surface area contributed by atoms with Crippen LogP contribution in [-0.4, -0.2) is 75.3 Å². The van der Waals surface area contributed by atoms with Crippen molar-refractivity contribution in [2.45, 2.75) is 64.4 Å². The minimum absolute atomic E-state index is 1.72. The molecule has 0 radical (unpaired) electrons. The van der Waals surface area contributed by atoms with Crippen LogP contribution in [0, 0.1) is 0 Å². The van der Waals surface area contributed by atoms with Gasteiger partial charge in [0.15, 0.2) is 0 Å². The van der Waals surface area contributed by atoms with E-state index in [9.17, 15) is 79.4 Å². The second kappa shape index (κ2) is 5.07. The fourth-order valence-corrected chi connectivity index (χ4v) is 3.97. The number of ketones is 1. The lowest BCUT2D eigenvalue weighted by molar-refractivity contribution is -0.581. The summed E-state index contributed by atoms with van der Waals surface area (Å²) >= 11 is 0. The lowest BCUT2D eigenvalue weighted by Crippen LogP contribution is -3.07. The number of hydrogen-bond acceptors (Lipinski definition) is 3. The second-order valence-corrected chi connectivity index (χ2v) is 7.02. The average Bonchev–Trinajstić information content (AvgIpc) is 2.59. The van der Waals surface area contributed by atoms with Crippen LogP contribution in [-0.2, 0) is 9.53 Å². The molecule has 0 aromatic carbocycles. The fourth-order valence-electron chi connectivity index (χ4n) is 3.97. The zero-order valence-corrected chi connectivity index (χ0v) is 13.7. The molecular formula is C12HF17O3. The molecule has 0 aromatic rings. The van der Waals surface area contributed by atoms with Gasteiger partial charge in [0, 0.05) is 0 Å². The molecule has 0 aromatic heterocycles. The number of aliphatic hydroxyl groups is 1. The van der Waals surface area contributed by atoms with Crippen LogP contribution in [0.3, 0.4) is 0 Å². The Morgan fingerprint density at radius 2 is 0.938 bits per heavy atom. The average molecular weight is 516 g/mol. The number of hydrogen-bond donors (Lipinski definition) is 1. The first-order valence-corrected chi connectivity index (χ1v) is 7.30. The van der Waals surface area contributed by atoms with E-state index < -0.39 is 70.2 Å². The van der Waals surface area contributed by atoms with E-state index in [2.05, 4.69) is 0 Å². The summed E-state index contributed by atoms with van der Waals surface area (Å²) in [4.78, 5) is 11.5. The standard InChI is InChI=1S/C12HF17O3/c13-2-1(30)3(14)8(21,22)4(15,6(2,17)18)9(23,24)5(16,7(2,19)20)10(3,25)32-12(28,29)11(26,27)31/h31H. The summed E-state index contributed by atoms with van der Waals surface area (Å²) in [6.45, 7) is 0. The Morgan fingerprint density at radius 1 is 0.594 bits per heavy atom. The summed E-state index contributed by atoms with van der Waals surface area (Å²) in [6, 6.07) is 0. The summed E-state index contributed by atoms with van der Waals surface area (Å²) in [7, 11) is 0. The van der Waals surface area contributed by atoms with Gasteiger partial charge in [-0.3, -0.25) is 9.53 Å². The Kier molecular flexibility index (Phi) is 3.96. The van der Waals surface area contributed by atoms with Crippen LogP contribution in [0.15, 0.2) is 0 Å². The summed E-state index contributed by atoms with van der Waals surface area (Å²) in [5, 5.41) is 7.79. The molecular weight excluding hydrogens is 515 g/mol. The third-order valence-corrected chi connectivity index (χ3v) is 5.59. The number of halogens is 17. The largest absolute Gasteiger partial charge is 0.450 e. The van der Waals surface area contributed by atoms with Crippen molar-refractivity contribution in [3.63, 3.8) is 0 Å². The maximum absolute atomic E-state index is 14.9. The first-order chi connectivity index (χ1) is 13.6. The van der Waals surface area contributed by atoms with E-state index in [0.29, 0.717) is 0 Å². The first-order valence-electron chi connectivity index (χ1n) is 7.30. The summed E-state index contributed by atoms with van der Waals surface area (Å²) in [5.74, 6) is -44.8. The maximum Gasteiger partial charge on any atom is 0.450 e. The monoisotopic (exact) mass is 516 g/mol. The van der Waals surface area contributed by atoms with Crippen molar-refractivity contribution in [3.8, 4) is 0 Å². The van der Waals surface area contributed by atoms with Crippen LogP contribution >= 0.6 is 0 Å². The Morgan fingerprint density at radius 3 is 1.31 bits per heavy atom. The number of carbonyl (C=O) groups excluding carboxylic acids is 1. The number of ether oxygens (including phenoxy) is 1. The van der Waals surface area contributed by atoms with Gasteiger partial charge in [-0.2, -0.15) is 52.7 Å². The quantitative estimate of drug-likeness (QED) is 0.581. The summed E-state index contributed by atoms with van der Waals surface area (Å²) in [5.41, 5.74) is -31.1. The van der Waals surface area contributed by atoms with E-state index in [-0.39, 0.29) is 0 Å². The Labute approximate surface area is 161 Å². The van der Waals surface area contributed by atoms with Crippen molar-refractivity contribution in [2.75, 3.05) is 0 Å². The molecule has 4 rings (SSSR count). The highest BCUT2D eigenvalue weighted by Crippen LogP contribution is 2.85. The molecule has 4 fully saturated rings. The molecule has 4 bridgehead atoms. The van der Waals surface area contributed by atoms with Crippen LogP contribution in [0.25, 0.3) is 0 Å². The minimum atomic E-state index is -8.18. The molecule has 0 aliphatic heterocycles. The topological polar surface area (TPSA) is 46.5 Å². The summed E-state index contributed by atoms with van der Waals surface area (Å²) < 4.78 is 239. The van der Waals surface area contributed by atoms with Crippen molar-refractivity contribution < 1.29 is 89.3 Å². The zero-order valence-electron chi connectivity index (χ0n) is 13.7. The van der Waals surface area contributed by atoms with Crippen LogP contribution in [0.2, 0.25) is 0 Å². The van der Waals surface area contributed by atoms with E-state index in [1.807, 2.05) is 0 Å². The zero-order chi connectivity index (χ0) is 25.8. The molecule has 1 N–H and O–H groups in total. The molecule has 4 aliphatic rings. The highest BCUT2D eigenvalue weighted by Gasteiger charge is 3.20. The molecule has 3 nitrogen and oxygen atoms in total. The lowest BCUT2D eigenvalue weighted by atomic mass is 9.41. The van der Waals surface area contributed by atoms with Gasteiger partial charge < -0.3 is 5.11 Å². The molecule has 32 heavy (non-hydrogen) atoms. The third kappa shape index (κ3) is 1.60. The number of rotatable bonds is 3. The van der Waals surface area contributed by atoms with Crippen molar-refractivity contribution in [1.29, 1.82) is 0 Å². The van der Waals surface area contributed by atoms with Gasteiger partial charge in [0.05, 0.1) is 0 Å². The molecule has 0 heterocycles. The number of Topliss-reactive ketones (excluding diaryl/α,β-unsaturated/α-hetero) is 1. The van der Waals surface area contributed by atoms with Crippen molar-refractivity contribution in [1.82, 2.24) is 0 Å². The van der Waals surface area contributed by atoms with Crippen molar-refractivity contribution in [2.24, 2.45) is 0 Å². The number of alkyl halides is 17. The molecule has 0 spiro atoms. The molecule has 5 atom stereocenters. The lowest BCUT2D eigenvalue weighted by Gasteiger charge is -2.71. The Bertz CT molecular complexity index is 911. The van der Waals surface area contributed by atoms with E-state index in [0.717, 1.165) is 0 Å². The van der Waals surface area contributed by atoms with Gasteiger partial charge in [0.2, 0.25) is 5.78 Å². The highest BCUT2D eigenvalue weighted by molar-refractivity contribution is 6.04. The van der Waals surface area contributed by atoms with E-state index >= 15 is 0 Å². The van der Waals surface area contributed by atoms with E-state index in [1.165, 1.54) is 0 Å². The van der Waals surface area contributed by atoms with Crippen LogP contribution < -0.4 is 0 Å². The Balaban J connectivity index is 2.59. The predicted octanol–water partition coefficient (Wildman–Crippen LogP) is 3.83. The Hall–Kier alpha value is -1.60. The van der Waals surface area contributed by atoms with Gasteiger partial charge in [0.25, 0.3) is 0 Å².